The summed E-state index contributed by atoms with van der Waals surface area (Å²) in [6.45, 7) is 4.39. The molecule has 0 amide bonds. The number of aryl methyl sites for hydroxylation is 2. The average Bonchev–Trinajstić information content (AvgIpc) is 2.96. The monoisotopic (exact) mass is 256 g/mol. The van der Waals surface area contributed by atoms with Gasteiger partial charge in [0.1, 0.15) is 0 Å². The Labute approximate surface area is 115 Å². The Morgan fingerprint density at radius 3 is 2.89 bits per heavy atom. The molecule has 1 fully saturated rings. The lowest BCUT2D eigenvalue weighted by atomic mass is 9.93. The molecule has 2 aromatic rings. The number of nitrogens with one attached hydrogen (secondary N) is 2. The zero-order chi connectivity index (χ0) is 13.4. The van der Waals surface area contributed by atoms with Gasteiger partial charge in [-0.25, -0.2) is 0 Å². The molecule has 0 saturated heterocycles. The van der Waals surface area contributed by atoms with Gasteiger partial charge >= 0.3 is 0 Å². The molecule has 1 heterocycles. The predicted octanol–water partition coefficient (Wildman–Crippen LogP) is 3.72. The molecule has 1 saturated carbocycles. The van der Waals surface area contributed by atoms with E-state index in [2.05, 4.69) is 49.4 Å². The van der Waals surface area contributed by atoms with Crippen LogP contribution >= 0.6 is 0 Å². The fourth-order valence-corrected chi connectivity index (χ4v) is 3.68. The third-order valence-electron chi connectivity index (χ3n) is 4.77. The molecule has 1 aromatic heterocycles. The Morgan fingerprint density at radius 2 is 2.11 bits per heavy atom. The van der Waals surface area contributed by atoms with Gasteiger partial charge in [-0.1, -0.05) is 18.1 Å². The molecule has 19 heavy (non-hydrogen) atoms. The van der Waals surface area contributed by atoms with Crippen LogP contribution < -0.4 is 5.32 Å². The predicted molar refractivity (Wildman–Crippen MR) is 81.7 cm³/mol. The highest BCUT2D eigenvalue weighted by Crippen LogP contribution is 2.32. The van der Waals surface area contributed by atoms with E-state index >= 15 is 0 Å². The molecule has 1 aromatic carbocycles. The quantitative estimate of drug-likeness (QED) is 0.860. The lowest BCUT2D eigenvalue weighted by molar-refractivity contribution is 0.424. The first-order chi connectivity index (χ1) is 9.19. The maximum absolute atomic E-state index is 3.54. The first kappa shape index (κ1) is 12.7. The van der Waals surface area contributed by atoms with Crippen molar-refractivity contribution in [2.24, 2.45) is 5.92 Å². The topological polar surface area (TPSA) is 27.8 Å². The van der Waals surface area contributed by atoms with Gasteiger partial charge in [0, 0.05) is 22.6 Å². The van der Waals surface area contributed by atoms with Crippen LogP contribution in [0.15, 0.2) is 18.2 Å². The van der Waals surface area contributed by atoms with E-state index in [0.29, 0.717) is 6.04 Å². The summed E-state index contributed by atoms with van der Waals surface area (Å²) in [5.41, 5.74) is 5.52. The van der Waals surface area contributed by atoms with E-state index in [1.807, 2.05) is 0 Å². The van der Waals surface area contributed by atoms with Gasteiger partial charge in [-0.3, -0.25) is 0 Å². The van der Waals surface area contributed by atoms with Crippen LogP contribution in [-0.4, -0.2) is 18.1 Å². The number of aromatic nitrogens is 1. The van der Waals surface area contributed by atoms with Crippen LogP contribution in [0.25, 0.3) is 10.9 Å². The van der Waals surface area contributed by atoms with Crippen molar-refractivity contribution in [2.75, 3.05) is 7.05 Å². The Bertz CT molecular complexity index is 582. The molecular formula is C17H24N2. The Hall–Kier alpha value is -1.28. The van der Waals surface area contributed by atoms with Crippen molar-refractivity contribution in [2.45, 2.75) is 45.6 Å². The van der Waals surface area contributed by atoms with Gasteiger partial charge in [-0.05, 0) is 63.8 Å². The fourth-order valence-electron chi connectivity index (χ4n) is 3.68. The summed E-state index contributed by atoms with van der Waals surface area (Å²) in [6, 6.07) is 7.44. The Morgan fingerprint density at radius 1 is 1.26 bits per heavy atom. The average molecular weight is 256 g/mol. The van der Waals surface area contributed by atoms with Gasteiger partial charge in [0.15, 0.2) is 0 Å². The number of fused-ring (bicyclic) bond motifs is 1. The normalized spacial score (nSPS) is 23.3. The minimum atomic E-state index is 0.703. The van der Waals surface area contributed by atoms with Crippen molar-refractivity contribution in [3.05, 3.63) is 35.0 Å². The molecular weight excluding hydrogens is 232 g/mol. The molecule has 0 aliphatic heterocycles. The first-order valence-corrected chi connectivity index (χ1v) is 7.44. The number of hydrogen-bond acceptors (Lipinski definition) is 1. The van der Waals surface area contributed by atoms with Gasteiger partial charge in [0.2, 0.25) is 0 Å². The van der Waals surface area contributed by atoms with Crippen molar-refractivity contribution in [1.82, 2.24) is 10.3 Å². The third-order valence-corrected chi connectivity index (χ3v) is 4.77. The van der Waals surface area contributed by atoms with Crippen molar-refractivity contribution in [3.63, 3.8) is 0 Å². The molecule has 0 radical (unpaired) electrons. The van der Waals surface area contributed by atoms with Crippen LogP contribution in [0.4, 0.5) is 0 Å². The van der Waals surface area contributed by atoms with Crippen LogP contribution in [-0.2, 0) is 6.42 Å². The van der Waals surface area contributed by atoms with Crippen molar-refractivity contribution >= 4 is 10.9 Å². The van der Waals surface area contributed by atoms with E-state index in [1.54, 1.807) is 0 Å². The lowest BCUT2D eigenvalue weighted by Crippen LogP contribution is -2.30. The summed E-state index contributed by atoms with van der Waals surface area (Å²) in [5.74, 6) is 0.795. The van der Waals surface area contributed by atoms with Crippen LogP contribution in [0.1, 0.15) is 36.1 Å². The molecule has 1 aliphatic carbocycles. The molecule has 3 rings (SSSR count). The standard InChI is InChI=1S/C17H24N2/c1-11-7-8-17-15(9-11)14(12(2)19-17)10-13-5-4-6-16(13)18-3/h7-9,13,16,18-19H,4-6,10H2,1-3H3. The maximum atomic E-state index is 3.54. The molecule has 2 heteroatoms. The largest absolute Gasteiger partial charge is 0.358 e. The highest BCUT2D eigenvalue weighted by molar-refractivity contribution is 5.85. The second-order valence-electron chi connectivity index (χ2n) is 6.07. The molecule has 2 N–H and O–H groups in total. The lowest BCUT2D eigenvalue weighted by Gasteiger charge is -2.19. The second kappa shape index (κ2) is 5.01. The van der Waals surface area contributed by atoms with E-state index in [9.17, 15) is 0 Å². The number of rotatable bonds is 3. The molecule has 2 unspecified atom stereocenters. The minimum absolute atomic E-state index is 0.703. The number of H-pyrrole nitrogens is 1. The SMILES string of the molecule is CNC1CCCC1Cc1c(C)[nH]c2ccc(C)cc12. The molecule has 0 spiro atoms. The third kappa shape index (κ3) is 2.30. The van der Waals surface area contributed by atoms with E-state index in [1.165, 1.54) is 53.4 Å². The summed E-state index contributed by atoms with van der Waals surface area (Å²) in [5, 5.41) is 4.92. The number of benzene rings is 1. The Balaban J connectivity index is 1.95. The molecule has 102 valence electrons. The van der Waals surface area contributed by atoms with Crippen molar-refractivity contribution in [1.29, 1.82) is 0 Å². The summed E-state index contributed by atoms with van der Waals surface area (Å²) in [4.78, 5) is 3.54. The van der Waals surface area contributed by atoms with Crippen LogP contribution in [0, 0.1) is 19.8 Å². The van der Waals surface area contributed by atoms with Crippen LogP contribution in [0.2, 0.25) is 0 Å². The van der Waals surface area contributed by atoms with Gasteiger partial charge in [-0.15, -0.1) is 0 Å². The summed E-state index contributed by atoms with van der Waals surface area (Å²) >= 11 is 0. The van der Waals surface area contributed by atoms with E-state index < -0.39 is 0 Å². The van der Waals surface area contributed by atoms with E-state index in [0.717, 1.165) is 5.92 Å². The fraction of sp³-hybridized carbons (Fsp3) is 0.529. The first-order valence-electron chi connectivity index (χ1n) is 7.44. The van der Waals surface area contributed by atoms with Crippen molar-refractivity contribution < 1.29 is 0 Å². The maximum Gasteiger partial charge on any atom is 0.0459 e. The highest BCUT2D eigenvalue weighted by atomic mass is 14.9. The minimum Gasteiger partial charge on any atom is -0.358 e. The van der Waals surface area contributed by atoms with Crippen LogP contribution in [0.5, 0.6) is 0 Å². The van der Waals surface area contributed by atoms with E-state index in [4.69, 9.17) is 0 Å². The molecule has 2 atom stereocenters. The van der Waals surface area contributed by atoms with Gasteiger partial charge in [-0.2, -0.15) is 0 Å². The molecule has 0 bridgehead atoms. The van der Waals surface area contributed by atoms with Crippen LogP contribution in [0.3, 0.4) is 0 Å². The van der Waals surface area contributed by atoms with Gasteiger partial charge in [0.25, 0.3) is 0 Å². The molecule has 2 nitrogen and oxygen atoms in total. The summed E-state index contributed by atoms with van der Waals surface area (Å²) in [6.07, 6.45) is 5.28. The van der Waals surface area contributed by atoms with Crippen molar-refractivity contribution in [3.8, 4) is 0 Å². The zero-order valence-corrected chi connectivity index (χ0v) is 12.2. The smallest absolute Gasteiger partial charge is 0.0459 e. The van der Waals surface area contributed by atoms with Gasteiger partial charge < -0.3 is 10.3 Å². The second-order valence-corrected chi connectivity index (χ2v) is 6.07. The zero-order valence-electron chi connectivity index (χ0n) is 12.2. The van der Waals surface area contributed by atoms with E-state index in [-0.39, 0.29) is 0 Å². The number of hydrogen-bond donors (Lipinski definition) is 2. The summed E-state index contributed by atoms with van der Waals surface area (Å²) in [7, 11) is 2.11. The highest BCUT2D eigenvalue weighted by Gasteiger charge is 2.27. The number of aromatic amines is 1. The molecule has 1 aliphatic rings. The van der Waals surface area contributed by atoms with Gasteiger partial charge in [0.05, 0.1) is 0 Å². The Kier molecular flexibility index (Phi) is 3.36. The summed E-state index contributed by atoms with van der Waals surface area (Å²) < 4.78 is 0.